The van der Waals surface area contributed by atoms with Gasteiger partial charge in [0.25, 0.3) is 0 Å². The smallest absolute Gasteiger partial charge is 0.234 e. The summed E-state index contributed by atoms with van der Waals surface area (Å²) in [7, 11) is 0. The van der Waals surface area contributed by atoms with Crippen LogP contribution in [-0.2, 0) is 11.3 Å². The summed E-state index contributed by atoms with van der Waals surface area (Å²) in [6, 6.07) is 10.0. The van der Waals surface area contributed by atoms with E-state index in [4.69, 9.17) is 0 Å². The van der Waals surface area contributed by atoms with Crippen LogP contribution in [0.2, 0.25) is 0 Å². The Morgan fingerprint density at radius 1 is 0.714 bits per heavy atom. The van der Waals surface area contributed by atoms with Crippen molar-refractivity contribution in [2.45, 2.75) is 103 Å². The Hall–Kier alpha value is -1.35. The molecule has 2 N–H and O–H groups in total. The molecule has 1 aromatic rings. The van der Waals surface area contributed by atoms with Gasteiger partial charge in [0.1, 0.15) is 0 Å². The Balaban J connectivity index is 1.75. The fraction of sp³-hybridized carbons (Fsp3) is 0.720. The zero-order chi connectivity index (χ0) is 20.1. The third-order valence-electron chi connectivity index (χ3n) is 5.33. The van der Waals surface area contributed by atoms with E-state index in [9.17, 15) is 4.79 Å². The number of nitrogens with one attached hydrogen (secondary N) is 2. The predicted octanol–water partition coefficient (Wildman–Crippen LogP) is 6.37. The van der Waals surface area contributed by atoms with E-state index in [-0.39, 0.29) is 5.91 Å². The van der Waals surface area contributed by atoms with Gasteiger partial charge in [0.15, 0.2) is 0 Å². The molecule has 3 heteroatoms. The minimum Gasteiger partial charge on any atom is -0.351 e. The molecule has 0 fully saturated rings. The third-order valence-corrected chi connectivity index (χ3v) is 5.33. The van der Waals surface area contributed by atoms with Crippen LogP contribution in [0, 0.1) is 0 Å². The molecular weight excluding hydrogens is 344 g/mol. The average Bonchev–Trinajstić information content (AvgIpc) is 2.72. The highest BCUT2D eigenvalue weighted by molar-refractivity contribution is 5.77. The van der Waals surface area contributed by atoms with Gasteiger partial charge in [-0.05, 0) is 18.5 Å². The van der Waals surface area contributed by atoms with Crippen LogP contribution in [0.5, 0.6) is 0 Å². The van der Waals surface area contributed by atoms with Gasteiger partial charge in [0.2, 0.25) is 5.91 Å². The van der Waals surface area contributed by atoms with E-state index in [0.717, 1.165) is 12.1 Å². The molecule has 0 spiro atoms. The number of carbonyl (C=O) groups excluding carboxylic acids is 1. The maximum atomic E-state index is 11.8. The van der Waals surface area contributed by atoms with Gasteiger partial charge in [-0.2, -0.15) is 0 Å². The fourth-order valence-electron chi connectivity index (χ4n) is 3.51. The summed E-state index contributed by atoms with van der Waals surface area (Å²) < 4.78 is 0. The molecule has 1 aromatic carbocycles. The SMILES string of the molecule is CCCCCCCCCCCCCCCCNCC(=O)NCc1ccccc1. The van der Waals surface area contributed by atoms with Crippen LogP contribution in [0.4, 0.5) is 0 Å². The first kappa shape index (κ1) is 24.7. The van der Waals surface area contributed by atoms with E-state index in [1.54, 1.807) is 0 Å². The molecule has 0 bridgehead atoms. The lowest BCUT2D eigenvalue weighted by molar-refractivity contribution is -0.120. The number of hydrogen-bond donors (Lipinski definition) is 2. The topological polar surface area (TPSA) is 41.1 Å². The molecule has 160 valence electrons. The maximum Gasteiger partial charge on any atom is 0.234 e. The first-order valence-corrected chi connectivity index (χ1v) is 11.8. The molecule has 0 aliphatic carbocycles. The molecule has 0 aromatic heterocycles. The lowest BCUT2D eigenvalue weighted by Gasteiger charge is -2.07. The Morgan fingerprint density at radius 2 is 1.21 bits per heavy atom. The number of amides is 1. The first-order valence-electron chi connectivity index (χ1n) is 11.8. The van der Waals surface area contributed by atoms with Gasteiger partial charge in [-0.25, -0.2) is 0 Å². The van der Waals surface area contributed by atoms with Crippen molar-refractivity contribution in [1.82, 2.24) is 10.6 Å². The van der Waals surface area contributed by atoms with Crippen LogP contribution < -0.4 is 10.6 Å². The van der Waals surface area contributed by atoms with E-state index < -0.39 is 0 Å². The minimum absolute atomic E-state index is 0.0780. The van der Waals surface area contributed by atoms with Crippen molar-refractivity contribution in [3.05, 3.63) is 35.9 Å². The molecule has 0 atom stereocenters. The molecule has 0 aliphatic heterocycles. The lowest BCUT2D eigenvalue weighted by atomic mass is 10.0. The van der Waals surface area contributed by atoms with E-state index in [1.807, 2.05) is 30.3 Å². The second kappa shape index (κ2) is 19.0. The molecule has 3 nitrogen and oxygen atoms in total. The van der Waals surface area contributed by atoms with Crippen molar-refractivity contribution in [1.29, 1.82) is 0 Å². The molecule has 28 heavy (non-hydrogen) atoms. The second-order valence-corrected chi connectivity index (χ2v) is 8.04. The van der Waals surface area contributed by atoms with E-state index in [0.29, 0.717) is 13.1 Å². The number of benzene rings is 1. The summed E-state index contributed by atoms with van der Waals surface area (Å²) in [5.74, 6) is 0.0780. The molecule has 1 rings (SSSR count). The Morgan fingerprint density at radius 3 is 1.75 bits per heavy atom. The minimum atomic E-state index is 0.0780. The lowest BCUT2D eigenvalue weighted by Crippen LogP contribution is -2.33. The Labute approximate surface area is 174 Å². The van der Waals surface area contributed by atoms with E-state index >= 15 is 0 Å². The number of hydrogen-bond acceptors (Lipinski definition) is 2. The zero-order valence-corrected chi connectivity index (χ0v) is 18.3. The average molecular weight is 389 g/mol. The molecule has 1 amide bonds. The molecule has 0 radical (unpaired) electrons. The summed E-state index contributed by atoms with van der Waals surface area (Å²) in [6.45, 7) is 4.26. The highest BCUT2D eigenvalue weighted by atomic mass is 16.1. The second-order valence-electron chi connectivity index (χ2n) is 8.04. The highest BCUT2D eigenvalue weighted by Crippen LogP contribution is 2.12. The van der Waals surface area contributed by atoms with Gasteiger partial charge in [0.05, 0.1) is 6.54 Å². The van der Waals surface area contributed by atoms with Crippen LogP contribution in [0.1, 0.15) is 102 Å². The first-order chi connectivity index (χ1) is 13.8. The standard InChI is InChI=1S/C25H44N2O/c1-2-3-4-5-6-7-8-9-10-11-12-13-14-18-21-26-23-25(28)27-22-24-19-16-15-17-20-24/h15-17,19-20,26H,2-14,18,21-23H2,1H3,(H,27,28). The number of unbranched alkanes of at least 4 members (excludes halogenated alkanes) is 13. The van der Waals surface area contributed by atoms with Crippen LogP contribution in [0.3, 0.4) is 0 Å². The van der Waals surface area contributed by atoms with Crippen molar-refractivity contribution in [3.63, 3.8) is 0 Å². The van der Waals surface area contributed by atoms with Crippen LogP contribution in [0.15, 0.2) is 30.3 Å². The van der Waals surface area contributed by atoms with Crippen molar-refractivity contribution in [2.75, 3.05) is 13.1 Å². The van der Waals surface area contributed by atoms with Crippen LogP contribution in [-0.4, -0.2) is 19.0 Å². The highest BCUT2D eigenvalue weighted by Gasteiger charge is 2.00. The summed E-state index contributed by atoms with van der Waals surface area (Å²) in [5.41, 5.74) is 1.14. The van der Waals surface area contributed by atoms with E-state index in [2.05, 4.69) is 17.6 Å². The van der Waals surface area contributed by atoms with Crippen LogP contribution >= 0.6 is 0 Å². The summed E-state index contributed by atoms with van der Waals surface area (Å²) in [6.07, 6.45) is 19.3. The monoisotopic (exact) mass is 388 g/mol. The molecule has 0 unspecified atom stereocenters. The van der Waals surface area contributed by atoms with E-state index in [1.165, 1.54) is 89.9 Å². The largest absolute Gasteiger partial charge is 0.351 e. The maximum absolute atomic E-state index is 11.8. The quantitative estimate of drug-likeness (QED) is 0.270. The predicted molar refractivity (Wildman–Crippen MR) is 121 cm³/mol. The Bertz CT molecular complexity index is 461. The summed E-state index contributed by atoms with van der Waals surface area (Å²) in [4.78, 5) is 11.8. The normalized spacial score (nSPS) is 10.9. The van der Waals surface area contributed by atoms with Gasteiger partial charge >= 0.3 is 0 Å². The third kappa shape index (κ3) is 15.7. The number of carbonyl (C=O) groups is 1. The molecule has 0 saturated heterocycles. The van der Waals surface area contributed by atoms with Crippen LogP contribution in [0.25, 0.3) is 0 Å². The van der Waals surface area contributed by atoms with Gasteiger partial charge in [-0.15, -0.1) is 0 Å². The van der Waals surface area contributed by atoms with Gasteiger partial charge < -0.3 is 10.6 Å². The van der Waals surface area contributed by atoms with Crippen molar-refractivity contribution in [3.8, 4) is 0 Å². The van der Waals surface area contributed by atoms with Crippen molar-refractivity contribution in [2.24, 2.45) is 0 Å². The Kier molecular flexibility index (Phi) is 16.7. The van der Waals surface area contributed by atoms with Gasteiger partial charge in [-0.3, -0.25) is 4.79 Å². The molecule has 0 aliphatic rings. The molecule has 0 heterocycles. The van der Waals surface area contributed by atoms with Gasteiger partial charge in [0, 0.05) is 6.54 Å². The zero-order valence-electron chi connectivity index (χ0n) is 18.3. The summed E-state index contributed by atoms with van der Waals surface area (Å²) in [5, 5.41) is 6.20. The fourth-order valence-corrected chi connectivity index (χ4v) is 3.51. The molecular formula is C25H44N2O. The number of rotatable bonds is 19. The van der Waals surface area contributed by atoms with Gasteiger partial charge in [-0.1, -0.05) is 121 Å². The molecule has 0 saturated carbocycles. The van der Waals surface area contributed by atoms with Crippen molar-refractivity contribution < 1.29 is 4.79 Å². The summed E-state index contributed by atoms with van der Waals surface area (Å²) >= 11 is 0. The van der Waals surface area contributed by atoms with Crippen molar-refractivity contribution >= 4 is 5.91 Å².